The van der Waals surface area contributed by atoms with Crippen molar-refractivity contribution in [1.29, 1.82) is 5.26 Å². The van der Waals surface area contributed by atoms with Crippen LogP contribution < -0.4 is 5.32 Å². The lowest BCUT2D eigenvalue weighted by Gasteiger charge is -2.23. The van der Waals surface area contributed by atoms with Crippen molar-refractivity contribution in [3.63, 3.8) is 0 Å². The molecule has 0 aliphatic heterocycles. The third-order valence-electron chi connectivity index (χ3n) is 2.45. The number of furan rings is 1. The molecule has 1 atom stereocenters. The smallest absolute Gasteiger partial charge is 0.111 e. The fourth-order valence-corrected chi connectivity index (χ4v) is 1.34. The lowest BCUT2D eigenvalue weighted by molar-refractivity contribution is 0.353. The van der Waals surface area contributed by atoms with Crippen molar-refractivity contribution in [2.75, 3.05) is 6.54 Å². The van der Waals surface area contributed by atoms with Crippen LogP contribution in [0.1, 0.15) is 32.3 Å². The molecule has 0 aliphatic carbocycles. The topological polar surface area (TPSA) is 49.0 Å². The summed E-state index contributed by atoms with van der Waals surface area (Å²) < 4.78 is 5.59. The van der Waals surface area contributed by atoms with Gasteiger partial charge in [0, 0.05) is 12.0 Å². The highest BCUT2D eigenvalue weighted by atomic mass is 16.3. The van der Waals surface area contributed by atoms with Gasteiger partial charge >= 0.3 is 0 Å². The van der Waals surface area contributed by atoms with E-state index in [4.69, 9.17) is 9.68 Å². The number of hydrogen-bond acceptors (Lipinski definition) is 3. The number of rotatable bonds is 4. The summed E-state index contributed by atoms with van der Waals surface area (Å²) in [5.74, 6) is 1.88. The maximum Gasteiger partial charge on any atom is 0.111 e. The molecule has 0 aliphatic rings. The Morgan fingerprint density at radius 3 is 2.67 bits per heavy atom. The van der Waals surface area contributed by atoms with Crippen LogP contribution in [0.3, 0.4) is 0 Å². The van der Waals surface area contributed by atoms with Gasteiger partial charge in [-0.1, -0.05) is 13.8 Å². The van der Waals surface area contributed by atoms with Crippen LogP contribution in [-0.2, 0) is 5.41 Å². The molecular formula is C12H18N2O. The van der Waals surface area contributed by atoms with Crippen LogP contribution in [0.25, 0.3) is 0 Å². The number of hydrogen-bond donors (Lipinski definition) is 1. The first kappa shape index (κ1) is 11.8. The molecule has 0 bridgehead atoms. The Balaban J connectivity index is 2.64. The fraction of sp³-hybridized carbons (Fsp3) is 0.583. The van der Waals surface area contributed by atoms with E-state index in [1.165, 1.54) is 0 Å². The molecule has 0 radical (unpaired) electrons. The number of nitriles is 1. The molecule has 82 valence electrons. The minimum Gasteiger partial charge on any atom is -0.466 e. The van der Waals surface area contributed by atoms with E-state index in [-0.39, 0.29) is 11.5 Å². The summed E-state index contributed by atoms with van der Waals surface area (Å²) in [4.78, 5) is 0. The normalized spacial score (nSPS) is 13.5. The van der Waals surface area contributed by atoms with E-state index in [1.54, 1.807) is 0 Å². The van der Waals surface area contributed by atoms with Crippen LogP contribution in [-0.4, -0.2) is 12.6 Å². The van der Waals surface area contributed by atoms with Crippen LogP contribution in [0.5, 0.6) is 0 Å². The van der Waals surface area contributed by atoms with Gasteiger partial charge in [-0.25, -0.2) is 0 Å². The quantitative estimate of drug-likeness (QED) is 0.822. The molecule has 0 fully saturated rings. The van der Waals surface area contributed by atoms with Crippen molar-refractivity contribution < 1.29 is 4.42 Å². The molecule has 3 nitrogen and oxygen atoms in total. The molecule has 1 aromatic heterocycles. The minimum atomic E-state index is -0.125. The van der Waals surface area contributed by atoms with Gasteiger partial charge in [0.2, 0.25) is 0 Å². The Kier molecular flexibility index (Phi) is 3.54. The Labute approximate surface area is 91.1 Å². The third-order valence-corrected chi connectivity index (χ3v) is 2.45. The molecule has 0 saturated heterocycles. The summed E-state index contributed by atoms with van der Waals surface area (Å²) in [5.41, 5.74) is -0.0840. The minimum absolute atomic E-state index is 0.0840. The Hall–Kier alpha value is -1.27. The highest BCUT2D eigenvalue weighted by Crippen LogP contribution is 2.24. The van der Waals surface area contributed by atoms with E-state index in [0.717, 1.165) is 18.1 Å². The molecule has 1 rings (SSSR count). The van der Waals surface area contributed by atoms with Gasteiger partial charge in [0.15, 0.2) is 0 Å². The van der Waals surface area contributed by atoms with Gasteiger partial charge in [-0.3, -0.25) is 0 Å². The van der Waals surface area contributed by atoms with Crippen LogP contribution in [0.15, 0.2) is 16.5 Å². The lowest BCUT2D eigenvalue weighted by atomic mass is 9.90. The second kappa shape index (κ2) is 4.50. The Morgan fingerprint density at radius 2 is 2.20 bits per heavy atom. The van der Waals surface area contributed by atoms with Gasteiger partial charge in [-0.15, -0.1) is 0 Å². The molecule has 0 spiro atoms. The molecule has 1 heterocycles. The van der Waals surface area contributed by atoms with E-state index in [9.17, 15) is 0 Å². The van der Waals surface area contributed by atoms with E-state index < -0.39 is 0 Å². The van der Waals surface area contributed by atoms with Crippen molar-refractivity contribution >= 4 is 0 Å². The molecule has 0 amide bonds. The summed E-state index contributed by atoms with van der Waals surface area (Å²) in [6.07, 6.45) is 0. The first-order chi connectivity index (χ1) is 6.95. The van der Waals surface area contributed by atoms with Crippen molar-refractivity contribution in [1.82, 2.24) is 5.32 Å². The Morgan fingerprint density at radius 1 is 1.53 bits per heavy atom. The zero-order chi connectivity index (χ0) is 11.5. The zero-order valence-corrected chi connectivity index (χ0v) is 9.79. The number of aryl methyl sites for hydroxylation is 1. The summed E-state index contributed by atoms with van der Waals surface area (Å²) in [7, 11) is 0. The van der Waals surface area contributed by atoms with E-state index in [2.05, 4.69) is 25.2 Å². The molecule has 0 saturated carbocycles. The second-order valence-corrected chi connectivity index (χ2v) is 4.53. The highest BCUT2D eigenvalue weighted by Gasteiger charge is 2.24. The highest BCUT2D eigenvalue weighted by molar-refractivity contribution is 5.15. The first-order valence-electron chi connectivity index (χ1n) is 5.15. The average Bonchev–Trinajstić information content (AvgIpc) is 2.62. The molecule has 3 heteroatoms. The van der Waals surface area contributed by atoms with Crippen LogP contribution in [0.2, 0.25) is 0 Å². The zero-order valence-electron chi connectivity index (χ0n) is 9.79. The molecule has 1 unspecified atom stereocenters. The average molecular weight is 206 g/mol. The Bertz CT molecular complexity index is 360. The summed E-state index contributed by atoms with van der Waals surface area (Å²) in [6.45, 7) is 8.72. The number of nitrogens with one attached hydrogen (secondary N) is 1. The standard InChI is InChI=1S/C12H18N2O/c1-9(7-13)14-8-12(3,4)11-6-5-10(2)15-11/h5-6,9,14H,8H2,1-4H3. The van der Waals surface area contributed by atoms with Crippen LogP contribution in [0, 0.1) is 18.3 Å². The molecule has 15 heavy (non-hydrogen) atoms. The van der Waals surface area contributed by atoms with Gasteiger partial charge in [0.25, 0.3) is 0 Å². The maximum absolute atomic E-state index is 8.67. The number of nitrogens with zero attached hydrogens (tertiary/aromatic N) is 1. The molecular weight excluding hydrogens is 188 g/mol. The van der Waals surface area contributed by atoms with E-state index in [1.807, 2.05) is 26.0 Å². The molecule has 1 aromatic rings. The maximum atomic E-state index is 8.67. The third kappa shape index (κ3) is 3.10. The summed E-state index contributed by atoms with van der Waals surface area (Å²) in [6, 6.07) is 5.98. The predicted octanol–water partition coefficient (Wildman–Crippen LogP) is 2.37. The van der Waals surface area contributed by atoms with Crippen molar-refractivity contribution in [3.8, 4) is 6.07 Å². The van der Waals surface area contributed by atoms with E-state index in [0.29, 0.717) is 0 Å². The van der Waals surface area contributed by atoms with Gasteiger partial charge in [0.1, 0.15) is 11.5 Å². The molecule has 0 aromatic carbocycles. The van der Waals surface area contributed by atoms with Crippen molar-refractivity contribution in [3.05, 3.63) is 23.7 Å². The van der Waals surface area contributed by atoms with Gasteiger partial charge in [-0.05, 0) is 26.0 Å². The molecule has 1 N–H and O–H groups in total. The van der Waals surface area contributed by atoms with Gasteiger partial charge < -0.3 is 9.73 Å². The van der Waals surface area contributed by atoms with Crippen LogP contribution >= 0.6 is 0 Å². The van der Waals surface area contributed by atoms with E-state index >= 15 is 0 Å². The largest absolute Gasteiger partial charge is 0.466 e. The van der Waals surface area contributed by atoms with Gasteiger partial charge in [0.05, 0.1) is 12.1 Å². The fourth-order valence-electron chi connectivity index (χ4n) is 1.34. The van der Waals surface area contributed by atoms with Crippen LogP contribution in [0.4, 0.5) is 0 Å². The SMILES string of the molecule is Cc1ccc(C(C)(C)CNC(C)C#N)o1. The first-order valence-corrected chi connectivity index (χ1v) is 5.15. The monoisotopic (exact) mass is 206 g/mol. The van der Waals surface area contributed by atoms with Crippen molar-refractivity contribution in [2.45, 2.75) is 39.2 Å². The second-order valence-electron chi connectivity index (χ2n) is 4.53. The van der Waals surface area contributed by atoms with Crippen molar-refractivity contribution in [2.24, 2.45) is 0 Å². The summed E-state index contributed by atoms with van der Waals surface area (Å²) in [5, 5.41) is 11.8. The van der Waals surface area contributed by atoms with Gasteiger partial charge in [-0.2, -0.15) is 5.26 Å². The predicted molar refractivity (Wildman–Crippen MR) is 59.5 cm³/mol. The summed E-state index contributed by atoms with van der Waals surface area (Å²) >= 11 is 0. The lowest BCUT2D eigenvalue weighted by Crippen LogP contribution is -2.37.